The zero-order valence-corrected chi connectivity index (χ0v) is 5.92. The van der Waals surface area contributed by atoms with Gasteiger partial charge in [-0.05, 0) is 12.8 Å². The highest BCUT2D eigenvalue weighted by molar-refractivity contribution is 5.50. The molecule has 1 rings (SSSR count). The van der Waals surface area contributed by atoms with Gasteiger partial charge < -0.3 is 9.90 Å². The summed E-state index contributed by atoms with van der Waals surface area (Å²) in [6.45, 7) is 0.255. The molecule has 0 spiro atoms. The summed E-state index contributed by atoms with van der Waals surface area (Å²) < 4.78 is 0. The van der Waals surface area contributed by atoms with Crippen LogP contribution in [0.1, 0.15) is 19.3 Å². The van der Waals surface area contributed by atoms with Crippen LogP contribution in [0.3, 0.4) is 0 Å². The second-order valence-corrected chi connectivity index (χ2v) is 2.68. The fraction of sp³-hybridized carbons (Fsp3) is 0.625. The van der Waals surface area contributed by atoms with Crippen LogP contribution in [0.2, 0.25) is 0 Å². The largest absolute Gasteiger partial charge is 0.396 e. The Bertz CT molecular complexity index is 149. The molecule has 0 aromatic carbocycles. The van der Waals surface area contributed by atoms with Crippen LogP contribution in [-0.2, 0) is 4.79 Å². The summed E-state index contributed by atoms with van der Waals surface area (Å²) in [6.07, 6.45) is 5.50. The number of aldehydes is 1. The zero-order chi connectivity index (χ0) is 7.40. The summed E-state index contributed by atoms with van der Waals surface area (Å²) in [5.41, 5.74) is 1.33. The van der Waals surface area contributed by atoms with Gasteiger partial charge in [-0.3, -0.25) is 0 Å². The first kappa shape index (κ1) is 7.48. The third-order valence-corrected chi connectivity index (χ3v) is 1.81. The highest BCUT2D eigenvalue weighted by Gasteiger charge is 2.16. The molecule has 10 heavy (non-hydrogen) atoms. The summed E-state index contributed by atoms with van der Waals surface area (Å²) in [6, 6.07) is 0. The normalized spacial score (nSPS) is 23.3. The van der Waals surface area contributed by atoms with Crippen molar-refractivity contribution in [1.82, 2.24) is 0 Å². The Morgan fingerprint density at radius 1 is 1.80 bits per heavy atom. The number of aliphatic hydroxyl groups excluding tert-OH is 1. The SMILES string of the molecule is O=CCCC1=CC(CO)C1. The maximum Gasteiger partial charge on any atom is 0.120 e. The smallest absolute Gasteiger partial charge is 0.120 e. The minimum atomic E-state index is 0.255. The highest BCUT2D eigenvalue weighted by Crippen LogP contribution is 2.28. The first-order valence-corrected chi connectivity index (χ1v) is 3.61. The van der Waals surface area contributed by atoms with Crippen LogP contribution in [0, 0.1) is 5.92 Å². The second kappa shape index (κ2) is 3.52. The Kier molecular flexibility index (Phi) is 2.63. The van der Waals surface area contributed by atoms with E-state index in [0.29, 0.717) is 12.3 Å². The topological polar surface area (TPSA) is 37.3 Å². The molecule has 0 radical (unpaired) electrons. The van der Waals surface area contributed by atoms with Crippen LogP contribution in [-0.4, -0.2) is 18.0 Å². The van der Waals surface area contributed by atoms with Gasteiger partial charge in [0.15, 0.2) is 0 Å². The molecule has 0 bridgehead atoms. The Balaban J connectivity index is 2.16. The van der Waals surface area contributed by atoms with Crippen molar-refractivity contribution in [3.63, 3.8) is 0 Å². The zero-order valence-electron chi connectivity index (χ0n) is 5.92. The number of aliphatic hydroxyl groups is 1. The van der Waals surface area contributed by atoms with E-state index in [2.05, 4.69) is 6.08 Å². The molecule has 0 saturated carbocycles. The fourth-order valence-corrected chi connectivity index (χ4v) is 1.18. The predicted octanol–water partition coefficient (Wildman–Crippen LogP) is 0.904. The molecule has 2 heteroatoms. The molecule has 0 aromatic rings. The molecule has 0 saturated heterocycles. The average molecular weight is 140 g/mol. The Morgan fingerprint density at radius 2 is 2.50 bits per heavy atom. The number of carbonyl (C=O) groups is 1. The van der Waals surface area contributed by atoms with E-state index in [1.165, 1.54) is 5.57 Å². The van der Waals surface area contributed by atoms with Crippen LogP contribution >= 0.6 is 0 Å². The molecule has 0 aliphatic heterocycles. The first-order chi connectivity index (χ1) is 4.86. The van der Waals surface area contributed by atoms with E-state index in [1.807, 2.05) is 0 Å². The molecule has 2 nitrogen and oxygen atoms in total. The van der Waals surface area contributed by atoms with E-state index in [9.17, 15) is 4.79 Å². The molecule has 1 aliphatic rings. The molecule has 1 atom stereocenters. The average Bonchev–Trinajstić information content (AvgIpc) is 1.86. The van der Waals surface area contributed by atoms with E-state index in [1.54, 1.807) is 0 Å². The van der Waals surface area contributed by atoms with Crippen molar-refractivity contribution in [1.29, 1.82) is 0 Å². The van der Waals surface area contributed by atoms with E-state index in [0.717, 1.165) is 19.1 Å². The third-order valence-electron chi connectivity index (χ3n) is 1.81. The molecular weight excluding hydrogens is 128 g/mol. The van der Waals surface area contributed by atoms with Gasteiger partial charge in [-0.1, -0.05) is 11.6 Å². The molecule has 1 aliphatic carbocycles. The van der Waals surface area contributed by atoms with E-state index in [4.69, 9.17) is 5.11 Å². The van der Waals surface area contributed by atoms with Crippen molar-refractivity contribution in [2.75, 3.05) is 6.61 Å². The summed E-state index contributed by atoms with van der Waals surface area (Å²) in [7, 11) is 0. The highest BCUT2D eigenvalue weighted by atomic mass is 16.3. The third kappa shape index (κ3) is 1.67. The lowest BCUT2D eigenvalue weighted by atomic mass is 9.85. The van der Waals surface area contributed by atoms with Gasteiger partial charge in [0.05, 0.1) is 0 Å². The van der Waals surface area contributed by atoms with Crippen molar-refractivity contribution in [2.45, 2.75) is 19.3 Å². The Hall–Kier alpha value is -0.630. The fourth-order valence-electron chi connectivity index (χ4n) is 1.18. The van der Waals surface area contributed by atoms with Crippen molar-refractivity contribution < 1.29 is 9.90 Å². The first-order valence-electron chi connectivity index (χ1n) is 3.61. The monoisotopic (exact) mass is 140 g/mol. The van der Waals surface area contributed by atoms with Crippen LogP contribution in [0.15, 0.2) is 11.6 Å². The molecule has 0 amide bonds. The van der Waals surface area contributed by atoms with Crippen molar-refractivity contribution in [3.05, 3.63) is 11.6 Å². The standard InChI is InChI=1S/C8H12O2/c9-3-1-2-7-4-8(5-7)6-10/h3-4,8,10H,1-2,5-6H2. The molecule has 0 heterocycles. The summed E-state index contributed by atoms with van der Waals surface area (Å²) >= 11 is 0. The lowest BCUT2D eigenvalue weighted by molar-refractivity contribution is -0.107. The molecule has 56 valence electrons. The number of rotatable bonds is 4. The van der Waals surface area contributed by atoms with Crippen LogP contribution < -0.4 is 0 Å². The molecular formula is C8H12O2. The molecule has 1 unspecified atom stereocenters. The summed E-state index contributed by atoms with van der Waals surface area (Å²) in [5.74, 6) is 0.377. The predicted molar refractivity (Wildman–Crippen MR) is 38.6 cm³/mol. The van der Waals surface area contributed by atoms with Gasteiger partial charge in [0, 0.05) is 18.9 Å². The van der Waals surface area contributed by atoms with Gasteiger partial charge in [0.1, 0.15) is 6.29 Å². The lowest BCUT2D eigenvalue weighted by Gasteiger charge is -2.22. The molecule has 0 aromatic heterocycles. The maximum atomic E-state index is 9.92. The van der Waals surface area contributed by atoms with Gasteiger partial charge in [0.2, 0.25) is 0 Å². The molecule has 1 N–H and O–H groups in total. The minimum Gasteiger partial charge on any atom is -0.396 e. The molecule has 0 fully saturated rings. The van der Waals surface area contributed by atoms with E-state index >= 15 is 0 Å². The van der Waals surface area contributed by atoms with Crippen LogP contribution in [0.5, 0.6) is 0 Å². The maximum absolute atomic E-state index is 9.92. The number of allylic oxidation sites excluding steroid dienone is 1. The Labute approximate surface area is 60.6 Å². The van der Waals surface area contributed by atoms with Crippen molar-refractivity contribution >= 4 is 6.29 Å². The minimum absolute atomic E-state index is 0.255. The Morgan fingerprint density at radius 3 is 3.00 bits per heavy atom. The van der Waals surface area contributed by atoms with E-state index < -0.39 is 0 Å². The second-order valence-electron chi connectivity index (χ2n) is 2.68. The number of carbonyl (C=O) groups excluding carboxylic acids is 1. The van der Waals surface area contributed by atoms with Crippen molar-refractivity contribution in [3.8, 4) is 0 Å². The quantitative estimate of drug-likeness (QED) is 0.465. The van der Waals surface area contributed by atoms with Gasteiger partial charge in [-0.25, -0.2) is 0 Å². The summed E-state index contributed by atoms with van der Waals surface area (Å²) in [5, 5.41) is 8.62. The lowest BCUT2D eigenvalue weighted by Crippen LogP contribution is -2.13. The van der Waals surface area contributed by atoms with Gasteiger partial charge in [-0.2, -0.15) is 0 Å². The van der Waals surface area contributed by atoms with Crippen LogP contribution in [0.25, 0.3) is 0 Å². The van der Waals surface area contributed by atoms with E-state index in [-0.39, 0.29) is 6.61 Å². The van der Waals surface area contributed by atoms with Gasteiger partial charge in [-0.15, -0.1) is 0 Å². The van der Waals surface area contributed by atoms with Crippen LogP contribution in [0.4, 0.5) is 0 Å². The summed E-state index contributed by atoms with van der Waals surface area (Å²) in [4.78, 5) is 9.92. The number of hydrogen-bond acceptors (Lipinski definition) is 2. The van der Waals surface area contributed by atoms with Gasteiger partial charge in [0.25, 0.3) is 0 Å². The van der Waals surface area contributed by atoms with Crippen molar-refractivity contribution in [2.24, 2.45) is 5.92 Å². The van der Waals surface area contributed by atoms with Gasteiger partial charge >= 0.3 is 0 Å². The number of hydrogen-bond donors (Lipinski definition) is 1.